The van der Waals surface area contributed by atoms with Crippen molar-refractivity contribution < 1.29 is 0 Å². The van der Waals surface area contributed by atoms with Gasteiger partial charge in [-0.15, -0.1) is 0 Å². The summed E-state index contributed by atoms with van der Waals surface area (Å²) in [7, 11) is 2.05. The molecule has 1 atom stereocenters. The second kappa shape index (κ2) is 5.45. The largest absolute Gasteiger partial charge is 0.358 e. The molecule has 0 spiro atoms. The number of alkyl halides is 1. The van der Waals surface area contributed by atoms with Crippen LogP contribution in [0.15, 0.2) is 6.07 Å². The number of anilines is 1. The summed E-state index contributed by atoms with van der Waals surface area (Å²) < 4.78 is 0. The minimum atomic E-state index is 0.461. The number of aromatic nitrogens is 2. The number of aryl methyl sites for hydroxylation is 2. The van der Waals surface area contributed by atoms with Gasteiger partial charge in [0.2, 0.25) is 0 Å². The van der Waals surface area contributed by atoms with Crippen molar-refractivity contribution in [1.29, 1.82) is 0 Å². The van der Waals surface area contributed by atoms with Crippen LogP contribution in [0.1, 0.15) is 25.4 Å². The molecule has 0 saturated heterocycles. The molecule has 0 aliphatic heterocycles. The Morgan fingerprint density at radius 3 is 2.67 bits per heavy atom. The van der Waals surface area contributed by atoms with Crippen molar-refractivity contribution >= 4 is 21.7 Å². The third-order valence-corrected chi connectivity index (χ3v) is 2.45. The van der Waals surface area contributed by atoms with E-state index in [2.05, 4.69) is 57.8 Å². The van der Waals surface area contributed by atoms with Gasteiger partial charge in [-0.3, -0.25) is 0 Å². The molecule has 0 amide bonds. The number of hydrogen-bond donors (Lipinski definition) is 0. The molecule has 0 aromatic carbocycles. The molecule has 0 bridgehead atoms. The molecule has 3 nitrogen and oxygen atoms in total. The van der Waals surface area contributed by atoms with Crippen LogP contribution in [0.2, 0.25) is 0 Å². The van der Waals surface area contributed by atoms with Gasteiger partial charge in [0.1, 0.15) is 11.6 Å². The third kappa shape index (κ3) is 3.78. The Hall–Kier alpha value is -0.640. The van der Waals surface area contributed by atoms with Gasteiger partial charge in [-0.1, -0.05) is 29.8 Å². The van der Waals surface area contributed by atoms with E-state index < -0.39 is 0 Å². The van der Waals surface area contributed by atoms with Crippen LogP contribution < -0.4 is 4.90 Å². The summed E-state index contributed by atoms with van der Waals surface area (Å²) in [5.41, 5.74) is 1.10. The van der Waals surface area contributed by atoms with Crippen molar-refractivity contribution in [1.82, 2.24) is 9.97 Å². The highest BCUT2D eigenvalue weighted by molar-refractivity contribution is 9.09. The van der Waals surface area contributed by atoms with Crippen molar-refractivity contribution in [2.75, 3.05) is 18.5 Å². The summed E-state index contributed by atoms with van der Waals surface area (Å²) in [4.78, 5) is 11.4. The van der Waals surface area contributed by atoms with Crippen molar-refractivity contribution in [3.05, 3.63) is 17.6 Å². The summed E-state index contributed by atoms with van der Waals surface area (Å²) in [6.07, 6.45) is 0.952. The first-order valence-corrected chi connectivity index (χ1v) is 6.14. The molecule has 0 aliphatic carbocycles. The molecular weight excluding hydrogens is 254 g/mol. The zero-order chi connectivity index (χ0) is 11.4. The van der Waals surface area contributed by atoms with E-state index in [1.165, 1.54) is 0 Å². The fraction of sp³-hybridized carbons (Fsp3) is 0.636. The summed E-state index contributed by atoms with van der Waals surface area (Å²) in [6, 6.07) is 2.06. The van der Waals surface area contributed by atoms with E-state index in [4.69, 9.17) is 0 Å². The number of hydrogen-bond acceptors (Lipinski definition) is 3. The molecule has 4 heteroatoms. The van der Waals surface area contributed by atoms with E-state index in [1.54, 1.807) is 0 Å². The lowest BCUT2D eigenvalue weighted by Crippen LogP contribution is -2.25. The van der Waals surface area contributed by atoms with Crippen LogP contribution in [0.3, 0.4) is 0 Å². The van der Waals surface area contributed by atoms with Crippen molar-refractivity contribution in [2.24, 2.45) is 0 Å². The Kier molecular flexibility index (Phi) is 4.51. The molecule has 0 radical (unpaired) electrons. The maximum atomic E-state index is 4.43. The topological polar surface area (TPSA) is 29.0 Å². The molecule has 0 saturated carbocycles. The highest BCUT2D eigenvalue weighted by Crippen LogP contribution is 2.13. The number of nitrogens with zero attached hydrogens (tertiary/aromatic N) is 3. The molecular formula is C11H18BrN3. The predicted molar refractivity (Wildman–Crippen MR) is 67.8 cm³/mol. The first-order valence-electron chi connectivity index (χ1n) is 5.22. The summed E-state index contributed by atoms with van der Waals surface area (Å²) in [5.74, 6) is 1.85. The first kappa shape index (κ1) is 12.4. The van der Waals surface area contributed by atoms with Crippen LogP contribution in [0.5, 0.6) is 0 Å². The van der Waals surface area contributed by atoms with Gasteiger partial charge in [0.25, 0.3) is 0 Å². The monoisotopic (exact) mass is 271 g/mol. The smallest absolute Gasteiger partial charge is 0.132 e. The average Bonchev–Trinajstić information content (AvgIpc) is 2.15. The zero-order valence-electron chi connectivity index (χ0n) is 9.79. The average molecular weight is 272 g/mol. The molecule has 1 aromatic rings. The Balaban J connectivity index is 2.88. The Morgan fingerprint density at radius 1 is 1.47 bits per heavy atom. The molecule has 0 N–H and O–H groups in total. The fourth-order valence-electron chi connectivity index (χ4n) is 1.46. The lowest BCUT2D eigenvalue weighted by molar-refractivity contribution is 0.839. The lowest BCUT2D eigenvalue weighted by Gasteiger charge is -2.20. The molecule has 1 heterocycles. The minimum absolute atomic E-state index is 0.461. The quantitative estimate of drug-likeness (QED) is 0.789. The van der Waals surface area contributed by atoms with Gasteiger partial charge in [0.05, 0.1) is 0 Å². The maximum absolute atomic E-state index is 4.43. The summed E-state index contributed by atoms with van der Waals surface area (Å²) >= 11 is 3.54. The van der Waals surface area contributed by atoms with Gasteiger partial charge in [0.15, 0.2) is 0 Å². The van der Waals surface area contributed by atoms with Crippen LogP contribution in [-0.4, -0.2) is 28.4 Å². The van der Waals surface area contributed by atoms with E-state index in [0.29, 0.717) is 4.83 Å². The van der Waals surface area contributed by atoms with E-state index in [9.17, 15) is 0 Å². The second-order valence-corrected chi connectivity index (χ2v) is 5.34. The summed E-state index contributed by atoms with van der Waals surface area (Å²) in [6.45, 7) is 7.12. The normalized spacial score (nSPS) is 12.6. The van der Waals surface area contributed by atoms with Gasteiger partial charge in [-0.25, -0.2) is 9.97 Å². The molecule has 84 valence electrons. The van der Waals surface area contributed by atoms with E-state index in [-0.39, 0.29) is 0 Å². The molecule has 1 aromatic heterocycles. The number of halogens is 1. The van der Waals surface area contributed by atoms with E-state index >= 15 is 0 Å². The standard InChI is InChI=1S/C11H18BrN3/c1-5-10-6-11(14-9(3)13-10)15(4)7-8(2)12/h6,8H,5,7H2,1-4H3. The van der Waals surface area contributed by atoms with Gasteiger partial charge in [-0.05, 0) is 13.3 Å². The lowest BCUT2D eigenvalue weighted by atomic mass is 10.3. The second-order valence-electron chi connectivity index (χ2n) is 3.78. The van der Waals surface area contributed by atoms with Gasteiger partial charge in [0, 0.05) is 30.2 Å². The van der Waals surface area contributed by atoms with Crippen LogP contribution in [0.25, 0.3) is 0 Å². The van der Waals surface area contributed by atoms with E-state index in [0.717, 1.165) is 30.3 Å². The maximum Gasteiger partial charge on any atom is 0.132 e. The SMILES string of the molecule is CCc1cc(N(C)CC(C)Br)nc(C)n1. The van der Waals surface area contributed by atoms with Crippen molar-refractivity contribution in [3.63, 3.8) is 0 Å². The molecule has 0 fully saturated rings. The van der Waals surface area contributed by atoms with Crippen LogP contribution in [0.4, 0.5) is 5.82 Å². The Morgan fingerprint density at radius 2 is 2.13 bits per heavy atom. The first-order chi connectivity index (χ1) is 7.02. The van der Waals surface area contributed by atoms with Crippen molar-refractivity contribution in [3.8, 4) is 0 Å². The highest BCUT2D eigenvalue weighted by atomic mass is 79.9. The van der Waals surface area contributed by atoms with Crippen LogP contribution in [-0.2, 0) is 6.42 Å². The van der Waals surface area contributed by atoms with Gasteiger partial charge < -0.3 is 4.90 Å². The molecule has 1 rings (SSSR count). The Bertz CT molecular complexity index is 326. The molecule has 0 aliphatic rings. The minimum Gasteiger partial charge on any atom is -0.358 e. The van der Waals surface area contributed by atoms with Crippen LogP contribution in [0, 0.1) is 6.92 Å². The Labute approximate surface area is 100 Å². The summed E-state index contributed by atoms with van der Waals surface area (Å²) in [5, 5.41) is 0. The van der Waals surface area contributed by atoms with Crippen LogP contribution >= 0.6 is 15.9 Å². The van der Waals surface area contributed by atoms with Gasteiger partial charge >= 0.3 is 0 Å². The van der Waals surface area contributed by atoms with Gasteiger partial charge in [-0.2, -0.15) is 0 Å². The highest BCUT2D eigenvalue weighted by Gasteiger charge is 2.07. The predicted octanol–water partition coefficient (Wildman–Crippen LogP) is 2.57. The molecule has 1 unspecified atom stereocenters. The third-order valence-electron chi connectivity index (χ3n) is 2.16. The van der Waals surface area contributed by atoms with Crippen molar-refractivity contribution in [2.45, 2.75) is 32.0 Å². The zero-order valence-corrected chi connectivity index (χ0v) is 11.4. The fourth-order valence-corrected chi connectivity index (χ4v) is 1.89. The molecule has 15 heavy (non-hydrogen) atoms. The number of rotatable bonds is 4. The van der Waals surface area contributed by atoms with E-state index in [1.807, 2.05) is 6.92 Å².